The van der Waals surface area contributed by atoms with Gasteiger partial charge in [0.1, 0.15) is 6.61 Å². The zero-order valence-electron chi connectivity index (χ0n) is 20.6. The Labute approximate surface area is 234 Å². The van der Waals surface area contributed by atoms with E-state index >= 15 is 0 Å². The predicted octanol–water partition coefficient (Wildman–Crippen LogP) is 8.27. The van der Waals surface area contributed by atoms with Gasteiger partial charge in [-0.25, -0.2) is 4.79 Å². The zero-order chi connectivity index (χ0) is 26.3. The van der Waals surface area contributed by atoms with Crippen LogP contribution in [-0.2, 0) is 11.3 Å². The minimum absolute atomic E-state index is 0.00780. The molecule has 2 aliphatic rings. The maximum absolute atomic E-state index is 12.3. The Hall–Kier alpha value is -2.67. The van der Waals surface area contributed by atoms with Gasteiger partial charge in [0.05, 0.1) is 40.3 Å². The fourth-order valence-electron chi connectivity index (χ4n) is 5.32. The van der Waals surface area contributed by atoms with Gasteiger partial charge in [0.15, 0.2) is 11.5 Å². The topological polar surface area (TPSA) is 56.8 Å². The number of benzene rings is 3. The normalized spacial score (nSPS) is 19.6. The van der Waals surface area contributed by atoms with Crippen LogP contribution in [0.15, 0.2) is 59.1 Å². The van der Waals surface area contributed by atoms with Gasteiger partial charge in [0, 0.05) is 11.6 Å². The number of allylic oxidation sites excluding steroid dienone is 2. The first kappa shape index (κ1) is 26.0. The van der Waals surface area contributed by atoms with Crippen LogP contribution in [0.5, 0.6) is 11.5 Å². The van der Waals surface area contributed by atoms with Crippen molar-refractivity contribution in [2.24, 2.45) is 5.92 Å². The largest absolute Gasteiger partial charge is 0.493 e. The molecule has 1 aliphatic heterocycles. The molecule has 0 fully saturated rings. The Morgan fingerprint density at radius 2 is 1.92 bits per heavy atom. The van der Waals surface area contributed by atoms with Gasteiger partial charge in [0.2, 0.25) is 0 Å². The highest BCUT2D eigenvalue weighted by Gasteiger charge is 2.39. The molecule has 1 N–H and O–H groups in total. The van der Waals surface area contributed by atoms with Crippen molar-refractivity contribution in [3.63, 3.8) is 0 Å². The Morgan fingerprint density at radius 1 is 1.11 bits per heavy atom. The summed E-state index contributed by atoms with van der Waals surface area (Å²) >= 11 is 15.9. The van der Waals surface area contributed by atoms with Crippen LogP contribution in [0.4, 0.5) is 5.69 Å². The van der Waals surface area contributed by atoms with Crippen molar-refractivity contribution in [3.8, 4) is 11.5 Å². The Kier molecular flexibility index (Phi) is 7.44. The summed E-state index contributed by atoms with van der Waals surface area (Å²) in [6.45, 7) is 2.27. The molecule has 5 nitrogen and oxygen atoms in total. The molecule has 5 rings (SSSR count). The van der Waals surface area contributed by atoms with E-state index in [1.807, 2.05) is 31.2 Å². The number of hydrogen-bond donors (Lipinski definition) is 1. The smallest absolute Gasteiger partial charge is 0.338 e. The number of carbonyl (C=O) groups excluding carboxylic acids is 1. The standard InChI is InChI=1S/C29H26BrCl2NO4/c1-15-18(29(34)36-3)8-9-21-19-5-4-6-20(19)27(33-26(15)21)17-12-22(30)28(25(13-17)35-2)37-14-16-7-10-23(31)24(32)11-16/h4-5,7-13,19-20,27,33H,6,14H2,1-3H3/t19-,20-,27+/m0/s1. The zero-order valence-corrected chi connectivity index (χ0v) is 23.7. The number of nitrogens with one attached hydrogen (secondary N) is 1. The van der Waals surface area contributed by atoms with Gasteiger partial charge in [-0.3, -0.25) is 0 Å². The molecule has 37 heavy (non-hydrogen) atoms. The van der Waals surface area contributed by atoms with Crippen LogP contribution in [0.3, 0.4) is 0 Å². The van der Waals surface area contributed by atoms with Crippen molar-refractivity contribution in [1.82, 2.24) is 0 Å². The Balaban J connectivity index is 1.48. The molecule has 192 valence electrons. The summed E-state index contributed by atoms with van der Waals surface area (Å²) in [5.41, 5.74) is 5.61. The lowest BCUT2D eigenvalue weighted by Gasteiger charge is -2.39. The SMILES string of the molecule is COC(=O)c1ccc2c(c1C)N[C@H](c1cc(Br)c(OCc3ccc(Cl)c(Cl)c3)c(OC)c1)[C@H]1CC=C[C@H]21. The van der Waals surface area contributed by atoms with Crippen LogP contribution in [0.1, 0.15) is 51.0 Å². The van der Waals surface area contributed by atoms with Crippen molar-refractivity contribution in [3.05, 3.63) is 97.0 Å². The maximum atomic E-state index is 12.3. The van der Waals surface area contributed by atoms with E-state index in [2.05, 4.69) is 39.5 Å². The summed E-state index contributed by atoms with van der Waals surface area (Å²) in [5.74, 6) is 1.48. The maximum Gasteiger partial charge on any atom is 0.338 e. The average Bonchev–Trinajstić information content (AvgIpc) is 3.39. The molecular weight excluding hydrogens is 577 g/mol. The number of methoxy groups -OCH3 is 2. The molecule has 0 saturated carbocycles. The molecule has 3 aromatic rings. The van der Waals surface area contributed by atoms with Crippen molar-refractivity contribution in [2.75, 3.05) is 19.5 Å². The summed E-state index contributed by atoms with van der Waals surface area (Å²) in [4.78, 5) is 12.3. The number of carbonyl (C=O) groups is 1. The van der Waals surface area contributed by atoms with E-state index in [4.69, 9.17) is 37.4 Å². The molecule has 0 bridgehead atoms. The third-order valence-electron chi connectivity index (χ3n) is 7.18. The van der Waals surface area contributed by atoms with Crippen molar-refractivity contribution in [2.45, 2.75) is 31.9 Å². The molecule has 3 aromatic carbocycles. The molecular formula is C29H26BrCl2NO4. The van der Waals surface area contributed by atoms with Gasteiger partial charge >= 0.3 is 5.97 Å². The van der Waals surface area contributed by atoms with Crippen LogP contribution >= 0.6 is 39.1 Å². The highest BCUT2D eigenvalue weighted by molar-refractivity contribution is 9.10. The van der Waals surface area contributed by atoms with Crippen molar-refractivity contribution in [1.29, 1.82) is 0 Å². The quantitative estimate of drug-likeness (QED) is 0.227. The van der Waals surface area contributed by atoms with E-state index < -0.39 is 0 Å². The monoisotopic (exact) mass is 601 g/mol. The molecule has 0 spiro atoms. The van der Waals surface area contributed by atoms with Gasteiger partial charge in [-0.05, 0) is 87.8 Å². The van der Waals surface area contributed by atoms with E-state index in [1.165, 1.54) is 12.7 Å². The molecule has 3 atom stereocenters. The van der Waals surface area contributed by atoms with Crippen LogP contribution in [0, 0.1) is 12.8 Å². The molecule has 1 heterocycles. The van der Waals surface area contributed by atoms with Gasteiger partial charge in [-0.2, -0.15) is 0 Å². The lowest BCUT2D eigenvalue weighted by atomic mass is 9.76. The van der Waals surface area contributed by atoms with E-state index in [-0.39, 0.29) is 17.9 Å². The van der Waals surface area contributed by atoms with E-state index in [1.54, 1.807) is 19.2 Å². The third kappa shape index (κ3) is 4.83. The minimum Gasteiger partial charge on any atom is -0.493 e. The van der Waals surface area contributed by atoms with Crippen molar-refractivity contribution >= 4 is 50.8 Å². The molecule has 0 saturated heterocycles. The summed E-state index contributed by atoms with van der Waals surface area (Å²) in [6.07, 6.45) is 5.47. The lowest BCUT2D eigenvalue weighted by molar-refractivity contribution is 0.0600. The second-order valence-electron chi connectivity index (χ2n) is 9.24. The van der Waals surface area contributed by atoms with E-state index in [0.29, 0.717) is 39.6 Å². The Morgan fingerprint density at radius 3 is 2.65 bits per heavy atom. The summed E-state index contributed by atoms with van der Waals surface area (Å²) < 4.78 is 17.7. The Bertz CT molecular complexity index is 1410. The number of fused-ring (bicyclic) bond motifs is 3. The minimum atomic E-state index is -0.337. The van der Waals surface area contributed by atoms with Crippen LogP contribution < -0.4 is 14.8 Å². The second kappa shape index (κ2) is 10.6. The highest BCUT2D eigenvalue weighted by atomic mass is 79.9. The van der Waals surface area contributed by atoms with E-state index in [9.17, 15) is 4.79 Å². The number of esters is 1. The van der Waals surface area contributed by atoms with Gasteiger partial charge in [-0.15, -0.1) is 0 Å². The lowest BCUT2D eigenvalue weighted by Crippen LogP contribution is -2.30. The average molecular weight is 603 g/mol. The highest BCUT2D eigenvalue weighted by Crippen LogP contribution is 2.52. The van der Waals surface area contributed by atoms with Gasteiger partial charge < -0.3 is 19.5 Å². The fourth-order valence-corrected chi connectivity index (χ4v) is 6.21. The first-order chi connectivity index (χ1) is 17.8. The third-order valence-corrected chi connectivity index (χ3v) is 8.51. The predicted molar refractivity (Wildman–Crippen MR) is 150 cm³/mol. The second-order valence-corrected chi connectivity index (χ2v) is 10.9. The number of rotatable bonds is 6. The van der Waals surface area contributed by atoms with Gasteiger partial charge in [0.25, 0.3) is 0 Å². The molecule has 0 aromatic heterocycles. The molecule has 8 heteroatoms. The summed E-state index contributed by atoms with van der Waals surface area (Å²) in [6, 6.07) is 13.4. The van der Waals surface area contributed by atoms with Crippen molar-refractivity contribution < 1.29 is 19.0 Å². The first-order valence-electron chi connectivity index (χ1n) is 11.9. The molecule has 0 amide bonds. The molecule has 0 unspecified atom stereocenters. The van der Waals surface area contributed by atoms with Crippen LogP contribution in [-0.4, -0.2) is 20.2 Å². The first-order valence-corrected chi connectivity index (χ1v) is 13.5. The molecule has 1 aliphatic carbocycles. The number of ether oxygens (including phenoxy) is 3. The van der Waals surface area contributed by atoms with E-state index in [0.717, 1.165) is 33.3 Å². The number of hydrogen-bond acceptors (Lipinski definition) is 5. The van der Waals surface area contributed by atoms with Crippen LogP contribution in [0.25, 0.3) is 0 Å². The number of anilines is 1. The van der Waals surface area contributed by atoms with Gasteiger partial charge in [-0.1, -0.05) is 47.5 Å². The number of halogens is 3. The molecule has 0 radical (unpaired) electrons. The fraction of sp³-hybridized carbons (Fsp3) is 0.276. The van der Waals surface area contributed by atoms with Crippen LogP contribution in [0.2, 0.25) is 10.0 Å². The summed E-state index contributed by atoms with van der Waals surface area (Å²) in [7, 11) is 3.04. The summed E-state index contributed by atoms with van der Waals surface area (Å²) in [5, 5.41) is 4.74.